The number of hydrogen-bond donors (Lipinski definition) is 0. The average Bonchev–Trinajstić information content (AvgIpc) is 3.12. The first-order valence-electron chi connectivity index (χ1n) is 10.1. The van der Waals surface area contributed by atoms with Gasteiger partial charge in [0.2, 0.25) is 0 Å². The van der Waals surface area contributed by atoms with Gasteiger partial charge in [0.15, 0.2) is 17.4 Å². The van der Waals surface area contributed by atoms with Crippen LogP contribution < -0.4 is 4.74 Å². The summed E-state index contributed by atoms with van der Waals surface area (Å²) in [6.45, 7) is 2.56. The number of rotatable bonds is 4. The lowest BCUT2D eigenvalue weighted by Gasteiger charge is -2.29. The second-order valence-electron chi connectivity index (χ2n) is 7.39. The molecule has 32 heavy (non-hydrogen) atoms. The summed E-state index contributed by atoms with van der Waals surface area (Å²) in [5, 5.41) is 3.84. The van der Waals surface area contributed by atoms with Crippen molar-refractivity contribution in [1.29, 1.82) is 0 Å². The molecule has 1 aliphatic rings. The Balaban J connectivity index is 1.64. The Labute approximate surface area is 183 Å². The standard InChI is InChI=1S/C22H22FN5O4/c1-14-25-20(32-26-14)18-13-27(21(29)15-6-7-19(31-2)17(23)11-15)9-4-10-28(18)22(30)16-5-3-8-24-12-16/h3,5-8,11-12,18H,4,9-10,13H2,1-2H3. The maximum absolute atomic E-state index is 14.2. The van der Waals surface area contributed by atoms with Crippen LogP contribution >= 0.6 is 0 Å². The van der Waals surface area contributed by atoms with Gasteiger partial charge in [-0.25, -0.2) is 4.39 Å². The van der Waals surface area contributed by atoms with Crippen molar-refractivity contribution in [2.45, 2.75) is 19.4 Å². The fourth-order valence-electron chi connectivity index (χ4n) is 3.71. The lowest BCUT2D eigenvalue weighted by atomic mass is 10.1. The number of hydrogen-bond acceptors (Lipinski definition) is 7. The van der Waals surface area contributed by atoms with Gasteiger partial charge < -0.3 is 19.1 Å². The Bertz CT molecular complexity index is 1120. The summed E-state index contributed by atoms with van der Waals surface area (Å²) in [5.74, 6) is -0.504. The molecule has 1 unspecified atom stereocenters. The number of aryl methyl sites for hydroxylation is 1. The molecule has 9 nitrogen and oxygen atoms in total. The quantitative estimate of drug-likeness (QED) is 0.616. The van der Waals surface area contributed by atoms with Crippen molar-refractivity contribution in [2.75, 3.05) is 26.7 Å². The van der Waals surface area contributed by atoms with Crippen molar-refractivity contribution in [1.82, 2.24) is 24.9 Å². The molecule has 0 bridgehead atoms. The molecule has 1 fully saturated rings. The first kappa shape index (κ1) is 21.4. The summed E-state index contributed by atoms with van der Waals surface area (Å²) in [6, 6.07) is 6.79. The molecule has 2 amide bonds. The molecule has 1 saturated heterocycles. The first-order chi connectivity index (χ1) is 15.5. The number of halogens is 1. The van der Waals surface area contributed by atoms with Crippen LogP contribution in [0.2, 0.25) is 0 Å². The number of nitrogens with zero attached hydrogens (tertiary/aromatic N) is 5. The molecule has 0 aliphatic carbocycles. The molecule has 166 valence electrons. The summed E-state index contributed by atoms with van der Waals surface area (Å²) in [4.78, 5) is 37.9. The van der Waals surface area contributed by atoms with Gasteiger partial charge in [0.1, 0.15) is 6.04 Å². The van der Waals surface area contributed by atoms with Crippen LogP contribution in [0.4, 0.5) is 4.39 Å². The summed E-state index contributed by atoms with van der Waals surface area (Å²) in [7, 11) is 1.36. The second-order valence-corrected chi connectivity index (χ2v) is 7.39. The van der Waals surface area contributed by atoms with Crippen molar-refractivity contribution in [2.24, 2.45) is 0 Å². The molecule has 1 aliphatic heterocycles. The molecular formula is C22H22FN5O4. The van der Waals surface area contributed by atoms with Crippen LogP contribution in [-0.2, 0) is 0 Å². The third-order valence-electron chi connectivity index (χ3n) is 5.28. The van der Waals surface area contributed by atoms with Crippen LogP contribution in [0, 0.1) is 12.7 Å². The molecule has 0 spiro atoms. The third kappa shape index (κ3) is 4.29. The molecule has 3 heterocycles. The fraction of sp³-hybridized carbons (Fsp3) is 0.318. The van der Waals surface area contributed by atoms with Gasteiger partial charge in [0, 0.05) is 31.0 Å². The largest absolute Gasteiger partial charge is 0.494 e. The highest BCUT2D eigenvalue weighted by atomic mass is 19.1. The van der Waals surface area contributed by atoms with Crippen molar-refractivity contribution in [3.05, 3.63) is 71.4 Å². The Morgan fingerprint density at radius 1 is 1.19 bits per heavy atom. The zero-order valence-corrected chi connectivity index (χ0v) is 17.7. The zero-order chi connectivity index (χ0) is 22.7. The van der Waals surface area contributed by atoms with Crippen LogP contribution in [-0.4, -0.2) is 63.5 Å². The number of carbonyl (C=O) groups is 2. The number of aromatic nitrogens is 3. The summed E-state index contributed by atoms with van der Waals surface area (Å²) in [5.41, 5.74) is 0.613. The van der Waals surface area contributed by atoms with E-state index in [1.165, 1.54) is 25.4 Å². The van der Waals surface area contributed by atoms with E-state index < -0.39 is 11.9 Å². The Morgan fingerprint density at radius 2 is 2.03 bits per heavy atom. The van der Waals surface area contributed by atoms with Crippen LogP contribution in [0.5, 0.6) is 5.75 Å². The number of pyridine rings is 1. The number of carbonyl (C=O) groups excluding carboxylic acids is 2. The molecule has 0 saturated carbocycles. The van der Waals surface area contributed by atoms with Crippen molar-refractivity contribution in [3.63, 3.8) is 0 Å². The van der Waals surface area contributed by atoms with Crippen molar-refractivity contribution in [3.8, 4) is 5.75 Å². The Hall–Kier alpha value is -3.82. The molecule has 1 atom stereocenters. The number of ether oxygens (including phenoxy) is 1. The second kappa shape index (κ2) is 9.13. The summed E-state index contributed by atoms with van der Waals surface area (Å²) < 4.78 is 24.5. The maximum Gasteiger partial charge on any atom is 0.256 e. The number of methoxy groups -OCH3 is 1. The fourth-order valence-corrected chi connectivity index (χ4v) is 3.71. The van der Waals surface area contributed by atoms with Gasteiger partial charge in [-0.05, 0) is 43.7 Å². The smallest absolute Gasteiger partial charge is 0.256 e. The van der Waals surface area contributed by atoms with E-state index in [1.54, 1.807) is 35.1 Å². The van der Waals surface area contributed by atoms with E-state index in [9.17, 15) is 14.0 Å². The van der Waals surface area contributed by atoms with E-state index >= 15 is 0 Å². The molecule has 10 heteroatoms. The molecular weight excluding hydrogens is 417 g/mol. The Kier molecular flexibility index (Phi) is 6.11. The van der Waals surface area contributed by atoms with E-state index in [4.69, 9.17) is 9.26 Å². The van der Waals surface area contributed by atoms with Crippen LogP contribution in [0.3, 0.4) is 0 Å². The summed E-state index contributed by atoms with van der Waals surface area (Å²) >= 11 is 0. The molecule has 4 rings (SSSR count). The zero-order valence-electron chi connectivity index (χ0n) is 17.7. The molecule has 3 aromatic rings. The van der Waals surface area contributed by atoms with Gasteiger partial charge in [-0.1, -0.05) is 5.16 Å². The van der Waals surface area contributed by atoms with E-state index in [0.29, 0.717) is 30.9 Å². The van der Waals surface area contributed by atoms with E-state index in [2.05, 4.69) is 15.1 Å². The monoisotopic (exact) mass is 439 g/mol. The molecule has 1 aromatic carbocycles. The number of benzene rings is 1. The van der Waals surface area contributed by atoms with Crippen LogP contribution in [0.25, 0.3) is 0 Å². The van der Waals surface area contributed by atoms with E-state index in [0.717, 1.165) is 6.07 Å². The van der Waals surface area contributed by atoms with E-state index in [-0.39, 0.29) is 35.6 Å². The van der Waals surface area contributed by atoms with Crippen LogP contribution in [0.15, 0.2) is 47.2 Å². The van der Waals surface area contributed by atoms with Gasteiger partial charge in [-0.3, -0.25) is 14.6 Å². The lowest BCUT2D eigenvalue weighted by Crippen LogP contribution is -2.40. The molecule has 0 radical (unpaired) electrons. The predicted octanol–water partition coefficient (Wildman–Crippen LogP) is 2.65. The minimum absolute atomic E-state index is 0.0601. The number of amides is 2. The van der Waals surface area contributed by atoms with Gasteiger partial charge in [-0.2, -0.15) is 4.98 Å². The van der Waals surface area contributed by atoms with Gasteiger partial charge in [-0.15, -0.1) is 0 Å². The predicted molar refractivity (Wildman–Crippen MR) is 111 cm³/mol. The topological polar surface area (TPSA) is 102 Å². The van der Waals surface area contributed by atoms with Crippen molar-refractivity contribution >= 4 is 11.8 Å². The average molecular weight is 439 g/mol. The maximum atomic E-state index is 14.2. The van der Waals surface area contributed by atoms with Gasteiger partial charge in [0.25, 0.3) is 17.7 Å². The minimum atomic E-state index is -0.654. The van der Waals surface area contributed by atoms with Gasteiger partial charge >= 0.3 is 0 Å². The highest BCUT2D eigenvalue weighted by Crippen LogP contribution is 2.27. The normalized spacial score (nSPS) is 16.5. The SMILES string of the molecule is COc1ccc(C(=O)N2CCCN(C(=O)c3cccnc3)C(c3nc(C)no3)C2)cc1F. The van der Waals surface area contributed by atoms with E-state index in [1.807, 2.05) is 0 Å². The lowest BCUT2D eigenvalue weighted by molar-refractivity contribution is 0.0592. The highest BCUT2D eigenvalue weighted by molar-refractivity contribution is 5.95. The highest BCUT2D eigenvalue weighted by Gasteiger charge is 2.35. The molecule has 2 aromatic heterocycles. The van der Waals surface area contributed by atoms with Gasteiger partial charge in [0.05, 0.1) is 19.2 Å². The van der Waals surface area contributed by atoms with Crippen molar-refractivity contribution < 1.29 is 23.2 Å². The minimum Gasteiger partial charge on any atom is -0.494 e. The van der Waals surface area contributed by atoms with Crippen LogP contribution in [0.1, 0.15) is 44.9 Å². The third-order valence-corrected chi connectivity index (χ3v) is 5.28. The summed E-state index contributed by atoms with van der Waals surface area (Å²) in [6.07, 6.45) is 3.61. The first-order valence-corrected chi connectivity index (χ1v) is 10.1. The molecule has 0 N–H and O–H groups in total. The Morgan fingerprint density at radius 3 is 2.69 bits per heavy atom.